The number of unbranched alkanes of at least 4 members (excludes halogenated alkanes) is 1. The molecule has 0 radical (unpaired) electrons. The summed E-state index contributed by atoms with van der Waals surface area (Å²) in [6.07, 6.45) is 2.61. The van der Waals surface area contributed by atoms with Gasteiger partial charge < -0.3 is 9.47 Å². The molecule has 0 heterocycles. The Morgan fingerprint density at radius 2 is 1.50 bits per heavy atom. The van der Waals surface area contributed by atoms with Crippen LogP contribution in [0.4, 0.5) is 0 Å². The average molecular weight is 378 g/mol. The van der Waals surface area contributed by atoms with Gasteiger partial charge in [0.25, 0.3) is 0 Å². The van der Waals surface area contributed by atoms with Gasteiger partial charge in [0, 0.05) is 11.1 Å². The summed E-state index contributed by atoms with van der Waals surface area (Å²) in [4.78, 5) is 23.1. The van der Waals surface area contributed by atoms with Crippen LogP contribution in [0.2, 0.25) is 0 Å². The summed E-state index contributed by atoms with van der Waals surface area (Å²) in [5.41, 5.74) is 4.02. The Labute approximate surface area is 166 Å². The van der Waals surface area contributed by atoms with E-state index in [4.69, 9.17) is 9.47 Å². The summed E-state index contributed by atoms with van der Waals surface area (Å²) in [6.45, 7) is 10.8. The summed E-state index contributed by atoms with van der Waals surface area (Å²) in [6, 6.07) is 15.7. The smallest absolute Gasteiger partial charge is 0.338 e. The fourth-order valence-electron chi connectivity index (χ4n) is 2.56. The number of carbonyl (C=O) groups is 2. The highest BCUT2D eigenvalue weighted by molar-refractivity contribution is 5.89. The number of aryl methyl sites for hydroxylation is 1. The standard InChI is InChI=1S/C24H26O4/c1-17(2)23(25)27-14-6-5-9-19-10-7-11-20(15-19)21-12-8-13-22(16-21)28-24(26)18(3)4/h7-8,10-13,15-16H,1,3,5-6,9,14H2,2,4H3. The largest absolute Gasteiger partial charge is 0.462 e. The zero-order chi connectivity index (χ0) is 20.5. The van der Waals surface area contributed by atoms with Crippen molar-refractivity contribution in [1.82, 2.24) is 0 Å². The van der Waals surface area contributed by atoms with Crippen LogP contribution in [0.5, 0.6) is 5.75 Å². The molecule has 0 spiro atoms. The molecule has 28 heavy (non-hydrogen) atoms. The predicted molar refractivity (Wildman–Crippen MR) is 111 cm³/mol. The molecule has 4 heteroatoms. The minimum atomic E-state index is -0.432. The van der Waals surface area contributed by atoms with E-state index in [1.54, 1.807) is 19.9 Å². The summed E-state index contributed by atoms with van der Waals surface area (Å²) in [5, 5.41) is 0. The Bertz CT molecular complexity index is 880. The van der Waals surface area contributed by atoms with Gasteiger partial charge in [0.2, 0.25) is 0 Å². The first-order chi connectivity index (χ1) is 13.4. The first-order valence-electron chi connectivity index (χ1n) is 9.26. The molecule has 146 valence electrons. The van der Waals surface area contributed by atoms with Gasteiger partial charge in [-0.05, 0) is 61.9 Å². The van der Waals surface area contributed by atoms with E-state index < -0.39 is 5.97 Å². The van der Waals surface area contributed by atoms with Crippen LogP contribution in [-0.4, -0.2) is 18.5 Å². The first-order valence-corrected chi connectivity index (χ1v) is 9.26. The molecule has 0 aliphatic rings. The molecule has 4 nitrogen and oxygen atoms in total. The van der Waals surface area contributed by atoms with Crippen molar-refractivity contribution in [2.75, 3.05) is 6.61 Å². The van der Waals surface area contributed by atoms with Gasteiger partial charge in [-0.1, -0.05) is 49.6 Å². The molecule has 0 amide bonds. The van der Waals surface area contributed by atoms with Gasteiger partial charge in [-0.3, -0.25) is 0 Å². The number of benzene rings is 2. The number of esters is 2. The van der Waals surface area contributed by atoms with Crippen molar-refractivity contribution in [2.24, 2.45) is 0 Å². The van der Waals surface area contributed by atoms with Crippen LogP contribution in [0.3, 0.4) is 0 Å². The lowest BCUT2D eigenvalue weighted by molar-refractivity contribution is -0.139. The van der Waals surface area contributed by atoms with Crippen LogP contribution < -0.4 is 4.74 Å². The van der Waals surface area contributed by atoms with Crippen molar-refractivity contribution in [3.63, 3.8) is 0 Å². The van der Waals surface area contributed by atoms with Gasteiger partial charge >= 0.3 is 11.9 Å². The number of carbonyl (C=O) groups excluding carboxylic acids is 2. The molecule has 2 aromatic rings. The minimum absolute atomic E-state index is 0.339. The van der Waals surface area contributed by atoms with Crippen molar-refractivity contribution in [3.8, 4) is 16.9 Å². The van der Waals surface area contributed by atoms with Crippen molar-refractivity contribution >= 4 is 11.9 Å². The summed E-state index contributed by atoms with van der Waals surface area (Å²) in [7, 11) is 0. The van der Waals surface area contributed by atoms with E-state index in [0.717, 1.165) is 30.4 Å². The molecule has 0 aliphatic heterocycles. The maximum atomic E-state index is 11.7. The van der Waals surface area contributed by atoms with Crippen LogP contribution in [0.1, 0.15) is 32.3 Å². The van der Waals surface area contributed by atoms with Crippen molar-refractivity contribution < 1.29 is 19.1 Å². The van der Waals surface area contributed by atoms with Gasteiger partial charge in [0.1, 0.15) is 5.75 Å². The van der Waals surface area contributed by atoms with E-state index in [2.05, 4.69) is 25.3 Å². The molecule has 0 N–H and O–H groups in total. The second-order valence-corrected chi connectivity index (χ2v) is 6.77. The predicted octanol–water partition coefficient (Wildman–Crippen LogP) is 5.28. The first kappa shape index (κ1) is 21.2. The minimum Gasteiger partial charge on any atom is -0.462 e. The molecule has 0 bridgehead atoms. The van der Waals surface area contributed by atoms with Gasteiger partial charge in [-0.25, -0.2) is 9.59 Å². The molecule has 0 saturated heterocycles. The van der Waals surface area contributed by atoms with Crippen LogP contribution >= 0.6 is 0 Å². The second-order valence-electron chi connectivity index (χ2n) is 6.77. The van der Waals surface area contributed by atoms with Gasteiger partial charge in [-0.2, -0.15) is 0 Å². The van der Waals surface area contributed by atoms with Crippen molar-refractivity contribution in [3.05, 3.63) is 78.4 Å². The Morgan fingerprint density at radius 1 is 0.857 bits per heavy atom. The van der Waals surface area contributed by atoms with Crippen LogP contribution in [0.25, 0.3) is 11.1 Å². The van der Waals surface area contributed by atoms with Gasteiger partial charge in [0.05, 0.1) is 6.61 Å². The van der Waals surface area contributed by atoms with E-state index in [9.17, 15) is 9.59 Å². The highest BCUT2D eigenvalue weighted by atomic mass is 16.5. The van der Waals surface area contributed by atoms with Gasteiger partial charge in [-0.15, -0.1) is 0 Å². The van der Waals surface area contributed by atoms with Gasteiger partial charge in [0.15, 0.2) is 0 Å². The topological polar surface area (TPSA) is 52.6 Å². The number of hydrogen-bond acceptors (Lipinski definition) is 4. The number of hydrogen-bond donors (Lipinski definition) is 0. The van der Waals surface area contributed by atoms with Crippen molar-refractivity contribution in [1.29, 1.82) is 0 Å². The summed E-state index contributed by atoms with van der Waals surface area (Å²) >= 11 is 0. The molecular formula is C24H26O4. The average Bonchev–Trinajstić information content (AvgIpc) is 2.67. The third-order valence-electron chi connectivity index (χ3n) is 4.09. The molecular weight excluding hydrogens is 352 g/mol. The van der Waals surface area contributed by atoms with Crippen molar-refractivity contribution in [2.45, 2.75) is 33.1 Å². The fraction of sp³-hybridized carbons (Fsp3) is 0.250. The van der Waals surface area contributed by atoms with E-state index in [1.807, 2.05) is 30.3 Å². The van der Waals surface area contributed by atoms with E-state index >= 15 is 0 Å². The fourth-order valence-corrected chi connectivity index (χ4v) is 2.56. The van der Waals surface area contributed by atoms with E-state index in [0.29, 0.717) is 23.5 Å². The number of rotatable bonds is 9. The zero-order valence-electron chi connectivity index (χ0n) is 16.5. The molecule has 0 aromatic heterocycles. The lowest BCUT2D eigenvalue weighted by Crippen LogP contribution is -2.08. The Balaban J connectivity index is 1.95. The second kappa shape index (κ2) is 10.3. The Hall–Kier alpha value is -3.14. The van der Waals surface area contributed by atoms with Crippen LogP contribution in [0.15, 0.2) is 72.8 Å². The molecule has 0 atom stereocenters. The lowest BCUT2D eigenvalue weighted by Gasteiger charge is -2.09. The molecule has 0 saturated carbocycles. The quantitative estimate of drug-likeness (QED) is 0.258. The Morgan fingerprint density at radius 3 is 2.18 bits per heavy atom. The summed E-state index contributed by atoms with van der Waals surface area (Å²) < 4.78 is 10.4. The number of ether oxygens (including phenoxy) is 2. The SMILES string of the molecule is C=C(C)C(=O)OCCCCc1cccc(-c2cccc(OC(=O)C(=C)C)c2)c1. The Kier molecular flexibility index (Phi) is 7.76. The zero-order valence-corrected chi connectivity index (χ0v) is 16.5. The van der Waals surface area contributed by atoms with E-state index in [1.165, 1.54) is 5.56 Å². The molecule has 2 aromatic carbocycles. The maximum Gasteiger partial charge on any atom is 0.338 e. The highest BCUT2D eigenvalue weighted by Gasteiger charge is 2.07. The monoisotopic (exact) mass is 378 g/mol. The molecule has 2 rings (SSSR count). The maximum absolute atomic E-state index is 11.7. The third kappa shape index (κ3) is 6.54. The molecule has 0 fully saturated rings. The lowest BCUT2D eigenvalue weighted by atomic mass is 10.0. The third-order valence-corrected chi connectivity index (χ3v) is 4.09. The van der Waals surface area contributed by atoms with E-state index in [-0.39, 0.29) is 5.97 Å². The molecule has 0 unspecified atom stereocenters. The van der Waals surface area contributed by atoms with Crippen LogP contribution in [0, 0.1) is 0 Å². The molecule has 0 aliphatic carbocycles. The highest BCUT2D eigenvalue weighted by Crippen LogP contribution is 2.25. The summed E-state index contributed by atoms with van der Waals surface area (Å²) in [5.74, 6) is -0.275. The normalized spacial score (nSPS) is 10.2. The van der Waals surface area contributed by atoms with Crippen LogP contribution in [-0.2, 0) is 20.7 Å².